The lowest BCUT2D eigenvalue weighted by atomic mass is 9.53. The van der Waals surface area contributed by atoms with Gasteiger partial charge in [0.25, 0.3) is 0 Å². The maximum Gasteiger partial charge on any atom is 0.0525 e. The van der Waals surface area contributed by atoms with Crippen molar-refractivity contribution < 1.29 is 4.74 Å². The molecule has 1 heteroatoms. The van der Waals surface area contributed by atoms with Gasteiger partial charge >= 0.3 is 0 Å². The molecule has 12 heavy (non-hydrogen) atoms. The van der Waals surface area contributed by atoms with Crippen LogP contribution in [0.15, 0.2) is 0 Å². The molecule has 0 heterocycles. The molecule has 0 saturated heterocycles. The van der Waals surface area contributed by atoms with Crippen LogP contribution in [0.2, 0.25) is 0 Å². The van der Waals surface area contributed by atoms with Gasteiger partial charge in [-0.05, 0) is 55.8 Å². The molecule has 0 N–H and O–H groups in total. The van der Waals surface area contributed by atoms with Crippen LogP contribution in [0.1, 0.15) is 32.6 Å². The van der Waals surface area contributed by atoms with Gasteiger partial charge in [0.15, 0.2) is 0 Å². The van der Waals surface area contributed by atoms with Crippen molar-refractivity contribution in [3.63, 3.8) is 0 Å². The van der Waals surface area contributed by atoms with Crippen molar-refractivity contribution in [2.45, 2.75) is 32.6 Å². The van der Waals surface area contributed by atoms with Crippen molar-refractivity contribution in [3.8, 4) is 0 Å². The van der Waals surface area contributed by atoms with Crippen LogP contribution in [-0.2, 0) is 4.74 Å². The first-order valence-corrected chi connectivity index (χ1v) is 5.42. The molecule has 4 atom stereocenters. The van der Waals surface area contributed by atoms with Gasteiger partial charge < -0.3 is 4.74 Å². The lowest BCUT2D eigenvalue weighted by Crippen LogP contribution is -2.48. The van der Waals surface area contributed by atoms with Gasteiger partial charge in [0.05, 0.1) is 6.61 Å². The average Bonchev–Trinajstić information content (AvgIpc) is 2.54. The molecule has 0 aromatic heterocycles. The van der Waals surface area contributed by atoms with E-state index in [1.807, 2.05) is 0 Å². The van der Waals surface area contributed by atoms with Crippen LogP contribution < -0.4 is 0 Å². The van der Waals surface area contributed by atoms with E-state index in [2.05, 4.69) is 6.92 Å². The molecule has 3 saturated carbocycles. The molecule has 1 nitrogen and oxygen atoms in total. The van der Waals surface area contributed by atoms with E-state index < -0.39 is 0 Å². The summed E-state index contributed by atoms with van der Waals surface area (Å²) in [6, 6.07) is 0. The third-order valence-electron chi connectivity index (χ3n) is 4.54. The summed E-state index contributed by atoms with van der Waals surface area (Å²) in [5.74, 6) is 3.28. The summed E-state index contributed by atoms with van der Waals surface area (Å²) >= 11 is 0. The maximum absolute atomic E-state index is 5.61. The fourth-order valence-electron chi connectivity index (χ4n) is 4.24. The minimum Gasteiger partial charge on any atom is -0.381 e. The molecule has 3 fully saturated rings. The molecular weight excluding hydrogens is 148 g/mol. The van der Waals surface area contributed by atoms with Gasteiger partial charge in [-0.3, -0.25) is 0 Å². The highest BCUT2D eigenvalue weighted by Gasteiger charge is 2.63. The van der Waals surface area contributed by atoms with Crippen molar-refractivity contribution in [1.82, 2.24) is 0 Å². The van der Waals surface area contributed by atoms with Crippen LogP contribution in [0.3, 0.4) is 0 Å². The predicted molar refractivity (Wildman–Crippen MR) is 47.9 cm³/mol. The molecule has 3 aliphatic rings. The third kappa shape index (κ3) is 0.736. The molecule has 0 amide bonds. The maximum atomic E-state index is 5.61. The van der Waals surface area contributed by atoms with Crippen LogP contribution in [0.4, 0.5) is 0 Å². The normalized spacial score (nSPS) is 54.2. The van der Waals surface area contributed by atoms with Crippen LogP contribution in [0.5, 0.6) is 0 Å². The summed E-state index contributed by atoms with van der Waals surface area (Å²) < 4.78 is 5.61. The minimum absolute atomic E-state index is 0.684. The Kier molecular flexibility index (Phi) is 1.39. The smallest absolute Gasteiger partial charge is 0.0525 e. The zero-order valence-corrected chi connectivity index (χ0v) is 7.88. The number of fused-ring (bicyclic) bond motifs is 1. The van der Waals surface area contributed by atoms with Crippen molar-refractivity contribution in [3.05, 3.63) is 0 Å². The van der Waals surface area contributed by atoms with Gasteiger partial charge in [-0.1, -0.05) is 0 Å². The van der Waals surface area contributed by atoms with E-state index >= 15 is 0 Å². The topological polar surface area (TPSA) is 9.23 Å². The second-order valence-corrected chi connectivity index (χ2v) is 5.11. The fourth-order valence-corrected chi connectivity index (χ4v) is 4.24. The Morgan fingerprint density at radius 2 is 2.25 bits per heavy atom. The van der Waals surface area contributed by atoms with Crippen molar-refractivity contribution in [1.29, 1.82) is 0 Å². The van der Waals surface area contributed by atoms with Crippen LogP contribution >= 0.6 is 0 Å². The standard InChI is InChI=1S/C11H18O/c1-2-12-7-11-5-8-3-9(6-11)10(11)4-8/h8-10H,2-7H2,1H3. The Morgan fingerprint density at radius 3 is 2.83 bits per heavy atom. The zero-order chi connectivity index (χ0) is 8.18. The molecular formula is C11H18O. The Hall–Kier alpha value is -0.0400. The second kappa shape index (κ2) is 2.25. The predicted octanol–water partition coefficient (Wildman–Crippen LogP) is 2.46. The highest BCUT2D eigenvalue weighted by atomic mass is 16.5. The summed E-state index contributed by atoms with van der Waals surface area (Å²) in [6.07, 6.45) is 6.08. The largest absolute Gasteiger partial charge is 0.381 e. The van der Waals surface area contributed by atoms with E-state index in [1.54, 1.807) is 6.42 Å². The van der Waals surface area contributed by atoms with Gasteiger partial charge in [0.1, 0.15) is 0 Å². The first-order chi connectivity index (χ1) is 5.84. The quantitative estimate of drug-likeness (QED) is 0.625. The highest BCUT2D eigenvalue weighted by molar-refractivity contribution is 5.13. The number of hydrogen-bond acceptors (Lipinski definition) is 1. The third-order valence-corrected chi connectivity index (χ3v) is 4.54. The monoisotopic (exact) mass is 166 g/mol. The van der Waals surface area contributed by atoms with Gasteiger partial charge in [-0.2, -0.15) is 0 Å². The fraction of sp³-hybridized carbons (Fsp3) is 1.00. The van der Waals surface area contributed by atoms with Gasteiger partial charge in [0, 0.05) is 6.61 Å². The van der Waals surface area contributed by atoms with E-state index in [4.69, 9.17) is 4.74 Å². The summed E-state index contributed by atoms with van der Waals surface area (Å²) in [7, 11) is 0. The first-order valence-electron chi connectivity index (χ1n) is 5.42. The second-order valence-electron chi connectivity index (χ2n) is 5.11. The van der Waals surface area contributed by atoms with Crippen molar-refractivity contribution in [2.24, 2.45) is 23.2 Å². The average molecular weight is 166 g/mol. The van der Waals surface area contributed by atoms with Gasteiger partial charge in [-0.25, -0.2) is 0 Å². The van der Waals surface area contributed by atoms with E-state index in [-0.39, 0.29) is 0 Å². The molecule has 0 spiro atoms. The van der Waals surface area contributed by atoms with Crippen LogP contribution in [-0.4, -0.2) is 13.2 Å². The van der Waals surface area contributed by atoms with Gasteiger partial charge in [-0.15, -0.1) is 0 Å². The molecule has 0 radical (unpaired) electrons. The molecule has 3 aliphatic carbocycles. The Morgan fingerprint density at radius 1 is 1.33 bits per heavy atom. The van der Waals surface area contributed by atoms with Crippen LogP contribution in [0, 0.1) is 23.2 Å². The number of rotatable bonds is 3. The summed E-state index contributed by atoms with van der Waals surface area (Å²) in [6.45, 7) is 4.09. The molecule has 0 aliphatic heterocycles. The summed E-state index contributed by atoms with van der Waals surface area (Å²) in [5.41, 5.74) is 0.684. The number of hydrogen-bond donors (Lipinski definition) is 0. The lowest BCUT2D eigenvalue weighted by Gasteiger charge is -2.53. The summed E-state index contributed by atoms with van der Waals surface area (Å²) in [4.78, 5) is 0. The Labute approximate surface area is 74.5 Å². The Bertz CT molecular complexity index is 201. The van der Waals surface area contributed by atoms with E-state index in [0.717, 1.165) is 31.0 Å². The van der Waals surface area contributed by atoms with E-state index in [0.29, 0.717) is 5.41 Å². The van der Waals surface area contributed by atoms with Crippen molar-refractivity contribution >= 4 is 0 Å². The van der Waals surface area contributed by atoms with Crippen molar-refractivity contribution in [2.75, 3.05) is 13.2 Å². The lowest BCUT2D eigenvalue weighted by molar-refractivity contribution is -0.0945. The van der Waals surface area contributed by atoms with Crippen LogP contribution in [0.25, 0.3) is 0 Å². The molecule has 0 aromatic rings. The molecule has 0 aromatic carbocycles. The molecule has 68 valence electrons. The SMILES string of the molecule is CCOCC12CC3CC(C1)C2C3. The van der Waals surface area contributed by atoms with E-state index in [9.17, 15) is 0 Å². The van der Waals surface area contributed by atoms with E-state index in [1.165, 1.54) is 19.3 Å². The summed E-state index contributed by atoms with van der Waals surface area (Å²) in [5, 5.41) is 0. The molecule has 2 bridgehead atoms. The molecule has 3 rings (SSSR count). The zero-order valence-electron chi connectivity index (χ0n) is 7.88. The Balaban J connectivity index is 1.71. The van der Waals surface area contributed by atoms with Gasteiger partial charge in [0.2, 0.25) is 0 Å². The molecule has 4 unspecified atom stereocenters. The number of ether oxygens (including phenoxy) is 1. The first kappa shape index (κ1) is 7.37. The highest BCUT2D eigenvalue weighted by Crippen LogP contribution is 2.70. The minimum atomic E-state index is 0.684.